The fourth-order valence-corrected chi connectivity index (χ4v) is 4.40. The van der Waals surface area contributed by atoms with E-state index in [0.29, 0.717) is 5.56 Å². The van der Waals surface area contributed by atoms with Crippen LogP contribution in [0.15, 0.2) is 12.1 Å². The van der Waals surface area contributed by atoms with E-state index in [1.165, 1.54) is 0 Å². The molecule has 0 saturated heterocycles. The Labute approximate surface area is 191 Å². The molecule has 2 N–H and O–H groups in total. The number of ether oxygens (including phenoxy) is 1. The van der Waals surface area contributed by atoms with Gasteiger partial charge >= 0.3 is 5.97 Å². The minimum absolute atomic E-state index is 0.0588. The van der Waals surface area contributed by atoms with Crippen LogP contribution in [0.1, 0.15) is 29.6 Å². The molecule has 26 heavy (non-hydrogen) atoms. The average molecular weight is 721 g/mol. The molecule has 1 rings (SSSR count). The number of imide groups is 1. The molecular weight excluding hydrogens is 707 g/mol. The maximum Gasteiger partial charge on any atom is 0.305 e. The topological polar surface area (TPSA) is 127 Å². The second kappa shape index (κ2) is 11.1. The zero-order valence-corrected chi connectivity index (χ0v) is 20.4. The molecule has 0 unspecified atom stereocenters. The van der Waals surface area contributed by atoms with E-state index in [1.807, 2.05) is 28.7 Å². The summed E-state index contributed by atoms with van der Waals surface area (Å²) in [6.07, 6.45) is -0.0206. The second-order valence-corrected chi connectivity index (χ2v) is 10.0. The van der Waals surface area contributed by atoms with Gasteiger partial charge in [-0.25, -0.2) is 0 Å². The summed E-state index contributed by atoms with van der Waals surface area (Å²) in [5, 5.41) is 2.27. The maximum absolute atomic E-state index is 12.2. The number of benzene rings is 1. The van der Waals surface area contributed by atoms with Crippen LogP contribution >= 0.6 is 67.8 Å². The monoisotopic (exact) mass is 721 g/mol. The highest BCUT2D eigenvalue weighted by atomic mass is 127. The number of amides is 2. The summed E-state index contributed by atoms with van der Waals surface area (Å²) in [6, 6.07) is 3.59. The van der Waals surface area contributed by atoms with Crippen molar-refractivity contribution in [2.24, 2.45) is 0 Å². The Balaban J connectivity index is 2.41. The Hall–Kier alpha value is -0.0700. The molecule has 0 aliphatic rings. The predicted octanol–water partition coefficient (Wildman–Crippen LogP) is 2.36. The summed E-state index contributed by atoms with van der Waals surface area (Å²) in [6.45, 7) is -0.452. The van der Waals surface area contributed by atoms with Gasteiger partial charge in [0.05, 0.1) is 5.56 Å². The number of hydrogen-bond acceptors (Lipinski definition) is 6. The van der Waals surface area contributed by atoms with Gasteiger partial charge in [0, 0.05) is 23.6 Å². The van der Waals surface area contributed by atoms with Gasteiger partial charge in [-0.1, -0.05) is 0 Å². The molecule has 2 amide bonds. The molecule has 0 atom stereocenters. The van der Waals surface area contributed by atoms with Gasteiger partial charge in [-0.3, -0.25) is 24.3 Å². The summed E-state index contributed by atoms with van der Waals surface area (Å²) in [4.78, 5) is 35.4. The van der Waals surface area contributed by atoms with Crippen molar-refractivity contribution in [3.63, 3.8) is 0 Å². The molecule has 0 aromatic heterocycles. The molecule has 0 spiro atoms. The van der Waals surface area contributed by atoms with Crippen LogP contribution < -0.4 is 5.32 Å². The Bertz CT molecular complexity index is 811. The van der Waals surface area contributed by atoms with E-state index in [2.05, 4.69) is 55.2 Å². The SMILES string of the molecule is O=C(CCCC(=O)OCCS(=O)(=O)O)NC(=O)c1cc(I)cc(I)c1I. The van der Waals surface area contributed by atoms with E-state index in [9.17, 15) is 22.8 Å². The van der Waals surface area contributed by atoms with Gasteiger partial charge in [0.1, 0.15) is 12.4 Å². The highest BCUT2D eigenvalue weighted by Crippen LogP contribution is 2.22. The van der Waals surface area contributed by atoms with Crippen molar-refractivity contribution >= 4 is 95.7 Å². The van der Waals surface area contributed by atoms with Crippen molar-refractivity contribution < 1.29 is 32.1 Å². The number of esters is 1. The average Bonchev–Trinajstić information content (AvgIpc) is 2.49. The van der Waals surface area contributed by atoms with Crippen molar-refractivity contribution in [1.82, 2.24) is 5.32 Å². The lowest BCUT2D eigenvalue weighted by Gasteiger charge is -2.08. The van der Waals surface area contributed by atoms with Crippen LogP contribution in [0.4, 0.5) is 0 Å². The second-order valence-electron chi connectivity index (χ2n) is 4.99. The molecule has 0 aliphatic heterocycles. The van der Waals surface area contributed by atoms with E-state index in [4.69, 9.17) is 4.55 Å². The quantitative estimate of drug-likeness (QED) is 0.183. The van der Waals surface area contributed by atoms with E-state index in [0.717, 1.165) is 10.7 Å². The summed E-state index contributed by atoms with van der Waals surface area (Å²) in [5.41, 5.74) is 0.403. The van der Waals surface area contributed by atoms with Gasteiger partial charge in [-0.05, 0) is 86.3 Å². The third-order valence-electron chi connectivity index (χ3n) is 2.88. The summed E-state index contributed by atoms with van der Waals surface area (Å²) in [5.74, 6) is -2.40. The lowest BCUT2D eigenvalue weighted by molar-refractivity contribution is -0.143. The zero-order chi connectivity index (χ0) is 19.9. The molecule has 144 valence electrons. The third-order valence-corrected chi connectivity index (χ3v) is 7.23. The molecule has 12 heteroatoms. The van der Waals surface area contributed by atoms with E-state index < -0.39 is 40.3 Å². The van der Waals surface area contributed by atoms with Gasteiger partial charge in [-0.15, -0.1) is 0 Å². The highest BCUT2D eigenvalue weighted by molar-refractivity contribution is 14.1. The Kier molecular flexibility index (Phi) is 10.2. The van der Waals surface area contributed by atoms with Crippen molar-refractivity contribution in [2.45, 2.75) is 19.3 Å². The molecule has 1 aromatic rings. The molecule has 0 saturated carbocycles. The molecule has 0 radical (unpaired) electrons. The fourth-order valence-electron chi connectivity index (χ4n) is 1.70. The summed E-state index contributed by atoms with van der Waals surface area (Å²) < 4.78 is 36.6. The van der Waals surface area contributed by atoms with Gasteiger partial charge in [0.2, 0.25) is 5.91 Å². The Morgan fingerprint density at radius 3 is 2.38 bits per heavy atom. The first kappa shape index (κ1) is 24.0. The molecule has 0 fully saturated rings. The lowest BCUT2D eigenvalue weighted by Crippen LogP contribution is -2.31. The summed E-state index contributed by atoms with van der Waals surface area (Å²) in [7, 11) is -4.18. The normalized spacial score (nSPS) is 11.1. The minimum atomic E-state index is -4.18. The number of hydrogen-bond donors (Lipinski definition) is 2. The first-order valence-electron chi connectivity index (χ1n) is 7.09. The van der Waals surface area contributed by atoms with Crippen molar-refractivity contribution in [2.75, 3.05) is 12.4 Å². The summed E-state index contributed by atoms with van der Waals surface area (Å²) >= 11 is 6.22. The number of rotatable bonds is 8. The number of carbonyl (C=O) groups is 3. The predicted molar refractivity (Wildman–Crippen MR) is 118 cm³/mol. The number of nitrogens with one attached hydrogen (secondary N) is 1. The van der Waals surface area contributed by atoms with Gasteiger partial charge < -0.3 is 4.74 Å². The van der Waals surface area contributed by atoms with E-state index >= 15 is 0 Å². The van der Waals surface area contributed by atoms with Crippen LogP contribution in [-0.2, 0) is 24.4 Å². The van der Waals surface area contributed by atoms with Gasteiger partial charge in [-0.2, -0.15) is 8.42 Å². The van der Waals surface area contributed by atoms with Crippen LogP contribution in [-0.4, -0.2) is 43.1 Å². The fraction of sp³-hybridized carbons (Fsp3) is 0.357. The molecular formula is C14H14I3NO7S. The van der Waals surface area contributed by atoms with Gasteiger partial charge in [0.15, 0.2) is 0 Å². The van der Waals surface area contributed by atoms with Crippen LogP contribution in [0.5, 0.6) is 0 Å². The minimum Gasteiger partial charge on any atom is -0.464 e. The van der Waals surface area contributed by atoms with Crippen molar-refractivity contribution in [3.8, 4) is 0 Å². The van der Waals surface area contributed by atoms with Gasteiger partial charge in [0.25, 0.3) is 16.0 Å². The van der Waals surface area contributed by atoms with Crippen LogP contribution in [0.2, 0.25) is 0 Å². The molecule has 0 heterocycles. The highest BCUT2D eigenvalue weighted by Gasteiger charge is 2.16. The van der Waals surface area contributed by atoms with Crippen LogP contribution in [0.25, 0.3) is 0 Å². The standard InChI is InChI=1S/C14H14I3NO7S/c15-8-6-9(13(17)10(16)7-8)14(21)18-11(19)2-1-3-12(20)25-4-5-26(22,23)24/h6-7H,1-5H2,(H,18,19,21)(H,22,23,24). The van der Waals surface area contributed by atoms with E-state index in [-0.39, 0.29) is 19.3 Å². The number of carbonyl (C=O) groups excluding carboxylic acids is 3. The Morgan fingerprint density at radius 2 is 1.77 bits per heavy atom. The largest absolute Gasteiger partial charge is 0.464 e. The molecule has 0 bridgehead atoms. The molecule has 0 aliphatic carbocycles. The first-order chi connectivity index (χ1) is 12.0. The third kappa shape index (κ3) is 9.23. The Morgan fingerprint density at radius 1 is 1.12 bits per heavy atom. The van der Waals surface area contributed by atoms with Crippen molar-refractivity contribution in [3.05, 3.63) is 28.4 Å². The molecule has 1 aromatic carbocycles. The molecule has 8 nitrogen and oxygen atoms in total. The zero-order valence-electron chi connectivity index (χ0n) is 13.1. The van der Waals surface area contributed by atoms with Crippen LogP contribution in [0.3, 0.4) is 0 Å². The maximum atomic E-state index is 12.2. The lowest BCUT2D eigenvalue weighted by atomic mass is 10.2. The van der Waals surface area contributed by atoms with Crippen molar-refractivity contribution in [1.29, 1.82) is 0 Å². The number of halogens is 3. The van der Waals surface area contributed by atoms with E-state index in [1.54, 1.807) is 6.07 Å². The smallest absolute Gasteiger partial charge is 0.305 e. The van der Waals surface area contributed by atoms with Crippen LogP contribution in [0, 0.1) is 10.7 Å². The first-order valence-corrected chi connectivity index (χ1v) is 11.9.